The van der Waals surface area contributed by atoms with Crippen LogP contribution in [-0.2, 0) is 5.88 Å². The largest absolute Gasteiger partial charge is 0.309 e. The predicted octanol–water partition coefficient (Wildman–Crippen LogP) is 4.23. The Hall–Kier alpha value is -1.09. The lowest BCUT2D eigenvalue weighted by Gasteiger charge is -2.28. The summed E-state index contributed by atoms with van der Waals surface area (Å²) in [4.78, 5) is 9.24. The summed E-state index contributed by atoms with van der Waals surface area (Å²) in [5.41, 5.74) is 3.13. The summed E-state index contributed by atoms with van der Waals surface area (Å²) in [5.74, 6) is 2.27. The van der Waals surface area contributed by atoms with Gasteiger partial charge in [0, 0.05) is 12.2 Å². The van der Waals surface area contributed by atoms with Crippen molar-refractivity contribution in [2.75, 3.05) is 0 Å². The molecule has 0 bridgehead atoms. The van der Waals surface area contributed by atoms with Crippen molar-refractivity contribution >= 4 is 22.8 Å². The van der Waals surface area contributed by atoms with Crippen LogP contribution in [0.1, 0.15) is 50.0 Å². The highest BCUT2D eigenvalue weighted by Crippen LogP contribution is 2.34. The highest BCUT2D eigenvalue weighted by atomic mass is 35.5. The van der Waals surface area contributed by atoms with E-state index in [-0.39, 0.29) is 0 Å². The fourth-order valence-electron chi connectivity index (χ4n) is 3.11. The van der Waals surface area contributed by atoms with Crippen LogP contribution in [0.2, 0.25) is 0 Å². The Balaban J connectivity index is 2.05. The minimum Gasteiger partial charge on any atom is -0.309 e. The highest BCUT2D eigenvalue weighted by molar-refractivity contribution is 6.16. The summed E-state index contributed by atoms with van der Waals surface area (Å²) in [6.07, 6.45) is 6.93. The monoisotopic (exact) mass is 277 g/mol. The van der Waals surface area contributed by atoms with Gasteiger partial charge in [-0.3, -0.25) is 0 Å². The van der Waals surface area contributed by atoms with Crippen LogP contribution in [-0.4, -0.2) is 14.5 Å². The molecule has 2 aromatic heterocycles. The lowest BCUT2D eigenvalue weighted by Crippen LogP contribution is -2.18. The number of aromatic nitrogens is 3. The van der Waals surface area contributed by atoms with E-state index in [9.17, 15) is 0 Å². The van der Waals surface area contributed by atoms with Gasteiger partial charge in [0.1, 0.15) is 11.3 Å². The van der Waals surface area contributed by atoms with Gasteiger partial charge < -0.3 is 4.57 Å². The predicted molar refractivity (Wildman–Crippen MR) is 78.5 cm³/mol. The first-order valence-electron chi connectivity index (χ1n) is 7.08. The number of nitrogens with zero attached hydrogens (tertiary/aromatic N) is 3. The number of alkyl halides is 1. The molecule has 2 aromatic rings. The van der Waals surface area contributed by atoms with Crippen LogP contribution < -0.4 is 0 Å². The number of aryl methyl sites for hydroxylation is 1. The smallest absolute Gasteiger partial charge is 0.160 e. The van der Waals surface area contributed by atoms with Gasteiger partial charge >= 0.3 is 0 Å². The first-order chi connectivity index (χ1) is 9.19. The molecule has 1 aliphatic carbocycles. The molecule has 1 saturated carbocycles. The second kappa shape index (κ2) is 5.12. The van der Waals surface area contributed by atoms with Crippen molar-refractivity contribution < 1.29 is 0 Å². The standard InChI is InChI=1S/C15H20ClN3/c1-10-3-5-12(6-4-10)19-14(8-16)18-13-7-11(2)9-17-15(13)19/h7,9-10,12H,3-6,8H2,1-2H3. The molecule has 0 atom stereocenters. The van der Waals surface area contributed by atoms with Crippen molar-refractivity contribution in [3.05, 3.63) is 23.7 Å². The van der Waals surface area contributed by atoms with Gasteiger partial charge in [-0.25, -0.2) is 9.97 Å². The zero-order valence-electron chi connectivity index (χ0n) is 11.6. The molecular formula is C15H20ClN3. The Labute approximate surface area is 119 Å². The van der Waals surface area contributed by atoms with Crippen LogP contribution in [0.5, 0.6) is 0 Å². The Morgan fingerprint density at radius 1 is 1.32 bits per heavy atom. The van der Waals surface area contributed by atoms with E-state index in [2.05, 4.69) is 27.5 Å². The average Bonchev–Trinajstić information content (AvgIpc) is 2.77. The summed E-state index contributed by atoms with van der Waals surface area (Å²) in [6, 6.07) is 2.62. The third-order valence-electron chi connectivity index (χ3n) is 4.21. The van der Waals surface area contributed by atoms with Crippen LogP contribution in [0.25, 0.3) is 11.2 Å². The van der Waals surface area contributed by atoms with Crippen LogP contribution in [0, 0.1) is 12.8 Å². The van der Waals surface area contributed by atoms with E-state index in [0.717, 1.165) is 28.5 Å². The molecule has 2 heterocycles. The number of imidazole rings is 1. The number of fused-ring (bicyclic) bond motifs is 1. The van der Waals surface area contributed by atoms with E-state index in [4.69, 9.17) is 11.6 Å². The molecule has 0 amide bonds. The summed E-state index contributed by atoms with van der Waals surface area (Å²) < 4.78 is 2.29. The summed E-state index contributed by atoms with van der Waals surface area (Å²) >= 11 is 6.08. The lowest BCUT2D eigenvalue weighted by atomic mass is 9.87. The molecule has 0 N–H and O–H groups in total. The Kier molecular flexibility index (Phi) is 3.48. The number of rotatable bonds is 2. The van der Waals surface area contributed by atoms with Crippen molar-refractivity contribution in [3.63, 3.8) is 0 Å². The Bertz CT molecular complexity index is 582. The van der Waals surface area contributed by atoms with E-state index in [0.29, 0.717) is 11.9 Å². The van der Waals surface area contributed by atoms with Gasteiger partial charge in [0.15, 0.2) is 5.65 Å². The first kappa shape index (κ1) is 12.9. The Morgan fingerprint density at radius 3 is 2.74 bits per heavy atom. The molecule has 1 fully saturated rings. The maximum absolute atomic E-state index is 6.08. The van der Waals surface area contributed by atoms with Crippen molar-refractivity contribution in [1.29, 1.82) is 0 Å². The van der Waals surface area contributed by atoms with E-state index >= 15 is 0 Å². The fourth-order valence-corrected chi connectivity index (χ4v) is 3.30. The minimum absolute atomic E-state index is 0.460. The highest BCUT2D eigenvalue weighted by Gasteiger charge is 2.24. The zero-order valence-corrected chi connectivity index (χ0v) is 12.3. The third-order valence-corrected chi connectivity index (χ3v) is 4.45. The van der Waals surface area contributed by atoms with E-state index in [1.165, 1.54) is 25.7 Å². The van der Waals surface area contributed by atoms with Crippen LogP contribution in [0.15, 0.2) is 12.3 Å². The number of hydrogen-bond donors (Lipinski definition) is 0. The SMILES string of the molecule is Cc1cnc2c(c1)nc(CCl)n2C1CCC(C)CC1. The molecule has 3 rings (SSSR count). The van der Waals surface area contributed by atoms with Gasteiger partial charge in [0.05, 0.1) is 5.88 Å². The van der Waals surface area contributed by atoms with Crippen LogP contribution in [0.4, 0.5) is 0 Å². The Morgan fingerprint density at radius 2 is 2.05 bits per heavy atom. The van der Waals surface area contributed by atoms with Crippen molar-refractivity contribution in [2.24, 2.45) is 5.92 Å². The molecule has 19 heavy (non-hydrogen) atoms. The van der Waals surface area contributed by atoms with Crippen molar-refractivity contribution in [2.45, 2.75) is 51.5 Å². The number of hydrogen-bond acceptors (Lipinski definition) is 2. The molecule has 0 aliphatic heterocycles. The number of halogens is 1. The first-order valence-corrected chi connectivity index (χ1v) is 7.62. The second-order valence-corrected chi connectivity index (χ2v) is 6.07. The normalized spacial score (nSPS) is 23.9. The zero-order chi connectivity index (χ0) is 13.4. The van der Waals surface area contributed by atoms with Gasteiger partial charge in [-0.05, 0) is 50.2 Å². The lowest BCUT2D eigenvalue weighted by molar-refractivity contribution is 0.290. The quantitative estimate of drug-likeness (QED) is 0.769. The molecule has 0 radical (unpaired) electrons. The molecule has 3 nitrogen and oxygen atoms in total. The summed E-state index contributed by atoms with van der Waals surface area (Å²) in [5, 5.41) is 0. The van der Waals surface area contributed by atoms with Crippen LogP contribution in [0.3, 0.4) is 0 Å². The van der Waals surface area contributed by atoms with Crippen molar-refractivity contribution in [1.82, 2.24) is 14.5 Å². The van der Waals surface area contributed by atoms with Crippen LogP contribution >= 0.6 is 11.6 Å². The molecule has 102 valence electrons. The van der Waals surface area contributed by atoms with E-state index in [1.807, 2.05) is 13.1 Å². The molecule has 4 heteroatoms. The third kappa shape index (κ3) is 2.36. The maximum Gasteiger partial charge on any atom is 0.160 e. The number of pyridine rings is 1. The molecule has 1 aliphatic rings. The topological polar surface area (TPSA) is 30.7 Å². The second-order valence-electron chi connectivity index (χ2n) is 5.80. The molecule has 0 unspecified atom stereocenters. The van der Waals surface area contributed by atoms with Gasteiger partial charge in [0.25, 0.3) is 0 Å². The minimum atomic E-state index is 0.460. The summed E-state index contributed by atoms with van der Waals surface area (Å²) in [7, 11) is 0. The van der Waals surface area contributed by atoms with Gasteiger partial charge in [-0.2, -0.15) is 0 Å². The molecular weight excluding hydrogens is 258 g/mol. The maximum atomic E-state index is 6.08. The molecule has 0 saturated heterocycles. The molecule has 0 aromatic carbocycles. The van der Waals surface area contributed by atoms with Crippen molar-refractivity contribution in [3.8, 4) is 0 Å². The molecule has 0 spiro atoms. The fraction of sp³-hybridized carbons (Fsp3) is 0.600. The summed E-state index contributed by atoms with van der Waals surface area (Å²) in [6.45, 7) is 4.39. The van der Waals surface area contributed by atoms with E-state index < -0.39 is 0 Å². The average molecular weight is 278 g/mol. The van der Waals surface area contributed by atoms with Gasteiger partial charge in [0.2, 0.25) is 0 Å². The van der Waals surface area contributed by atoms with Gasteiger partial charge in [-0.1, -0.05) is 6.92 Å². The van der Waals surface area contributed by atoms with Gasteiger partial charge in [-0.15, -0.1) is 11.6 Å². The van der Waals surface area contributed by atoms with E-state index in [1.54, 1.807) is 0 Å².